The first kappa shape index (κ1) is 14.6. The van der Waals surface area contributed by atoms with Crippen molar-refractivity contribution in [3.63, 3.8) is 0 Å². The fourth-order valence-electron chi connectivity index (χ4n) is 1.95. The largest absolute Gasteiger partial charge is 0.487 e. The number of aromatic nitrogens is 2. The maximum Gasteiger partial charge on any atom is 0.240 e. The van der Waals surface area contributed by atoms with Crippen molar-refractivity contribution in [2.45, 2.75) is 13.2 Å². The average Bonchev–Trinajstić information content (AvgIpc) is 3.04. The van der Waals surface area contributed by atoms with E-state index in [1.807, 2.05) is 36.4 Å². The second-order valence-electron chi connectivity index (χ2n) is 4.64. The molecule has 0 unspecified atom stereocenters. The van der Waals surface area contributed by atoms with Crippen LogP contribution >= 0.6 is 11.6 Å². The van der Waals surface area contributed by atoms with Crippen molar-refractivity contribution in [1.29, 1.82) is 0 Å². The Labute approximate surface area is 132 Å². The van der Waals surface area contributed by atoms with E-state index in [0.717, 1.165) is 11.1 Å². The van der Waals surface area contributed by atoms with Crippen LogP contribution in [-0.2, 0) is 13.2 Å². The molecule has 1 aromatic heterocycles. The molecule has 2 N–H and O–H groups in total. The summed E-state index contributed by atoms with van der Waals surface area (Å²) in [4.78, 5) is 4.16. The first-order valence-corrected chi connectivity index (χ1v) is 7.13. The number of nitrogens with two attached hydrogens (primary N) is 1. The maximum atomic E-state index is 6.25. The van der Waals surface area contributed by atoms with Gasteiger partial charge in [0.2, 0.25) is 11.7 Å². The minimum Gasteiger partial charge on any atom is -0.487 e. The fraction of sp³-hybridized carbons (Fsp3) is 0.125. The highest BCUT2D eigenvalue weighted by atomic mass is 35.5. The van der Waals surface area contributed by atoms with Crippen LogP contribution in [0.1, 0.15) is 11.5 Å². The van der Waals surface area contributed by atoms with E-state index in [2.05, 4.69) is 10.1 Å². The molecule has 0 aliphatic carbocycles. The smallest absolute Gasteiger partial charge is 0.240 e. The number of halogens is 1. The molecule has 0 amide bonds. The van der Waals surface area contributed by atoms with E-state index in [0.29, 0.717) is 29.1 Å². The molecule has 0 atom stereocenters. The monoisotopic (exact) mass is 315 g/mol. The van der Waals surface area contributed by atoms with Crippen LogP contribution in [0.15, 0.2) is 53.1 Å². The van der Waals surface area contributed by atoms with Crippen molar-refractivity contribution in [1.82, 2.24) is 10.1 Å². The summed E-state index contributed by atoms with van der Waals surface area (Å²) in [5, 5.41) is 4.35. The van der Waals surface area contributed by atoms with Gasteiger partial charge in [-0.1, -0.05) is 47.1 Å². The summed E-state index contributed by atoms with van der Waals surface area (Å²) in [5.41, 5.74) is 7.28. The molecule has 0 bridgehead atoms. The molecule has 112 valence electrons. The first-order chi connectivity index (χ1) is 10.8. The molecule has 0 aliphatic heterocycles. The minimum atomic E-state index is 0.207. The third-order valence-electron chi connectivity index (χ3n) is 3.07. The number of ether oxygens (including phenoxy) is 1. The highest BCUT2D eigenvalue weighted by molar-refractivity contribution is 6.32. The SMILES string of the molecule is NCc1nc(-c2ccc(OCc3ccccc3)c(Cl)c2)no1. The summed E-state index contributed by atoms with van der Waals surface area (Å²) in [6.45, 7) is 0.665. The topological polar surface area (TPSA) is 74.2 Å². The molecule has 0 saturated carbocycles. The van der Waals surface area contributed by atoms with Crippen molar-refractivity contribution in [3.05, 3.63) is 65.0 Å². The Hall–Kier alpha value is -2.37. The predicted octanol–water partition coefficient (Wildman–Crippen LogP) is 3.43. The van der Waals surface area contributed by atoms with Crippen LogP contribution < -0.4 is 10.5 Å². The molecular weight excluding hydrogens is 302 g/mol. The Kier molecular flexibility index (Phi) is 4.37. The number of nitrogens with zero attached hydrogens (tertiary/aromatic N) is 2. The Balaban J connectivity index is 1.74. The van der Waals surface area contributed by atoms with Gasteiger partial charge in [0.15, 0.2) is 0 Å². The molecule has 3 aromatic rings. The standard InChI is InChI=1S/C16H14ClN3O2/c17-13-8-12(16-19-15(9-18)22-20-16)6-7-14(13)21-10-11-4-2-1-3-5-11/h1-8H,9-10,18H2. The summed E-state index contributed by atoms with van der Waals surface area (Å²) >= 11 is 6.25. The van der Waals surface area contributed by atoms with Crippen molar-refractivity contribution in [3.8, 4) is 17.1 Å². The van der Waals surface area contributed by atoms with Crippen molar-refractivity contribution in [2.24, 2.45) is 5.73 Å². The Bertz CT molecular complexity index is 759. The molecule has 1 heterocycles. The van der Waals surface area contributed by atoms with Gasteiger partial charge in [-0.15, -0.1) is 0 Å². The van der Waals surface area contributed by atoms with Crippen LogP contribution in [0.2, 0.25) is 5.02 Å². The van der Waals surface area contributed by atoms with E-state index in [1.165, 1.54) is 0 Å². The van der Waals surface area contributed by atoms with Crippen LogP contribution in [0, 0.1) is 0 Å². The van der Waals surface area contributed by atoms with E-state index < -0.39 is 0 Å². The summed E-state index contributed by atoms with van der Waals surface area (Å²) < 4.78 is 10.7. The molecular formula is C16H14ClN3O2. The molecule has 0 aliphatic rings. The lowest BCUT2D eigenvalue weighted by Crippen LogP contribution is -1.96. The van der Waals surface area contributed by atoms with Crippen LogP contribution in [0.25, 0.3) is 11.4 Å². The molecule has 22 heavy (non-hydrogen) atoms. The van der Waals surface area contributed by atoms with E-state index in [4.69, 9.17) is 26.6 Å². The van der Waals surface area contributed by atoms with Crippen LogP contribution in [0.3, 0.4) is 0 Å². The first-order valence-electron chi connectivity index (χ1n) is 6.75. The van der Waals surface area contributed by atoms with Gasteiger partial charge in [0.1, 0.15) is 12.4 Å². The molecule has 0 saturated heterocycles. The third-order valence-corrected chi connectivity index (χ3v) is 3.37. The zero-order valence-corrected chi connectivity index (χ0v) is 12.5. The van der Waals surface area contributed by atoms with Gasteiger partial charge < -0.3 is 15.0 Å². The third kappa shape index (κ3) is 3.27. The zero-order valence-electron chi connectivity index (χ0n) is 11.7. The van der Waals surface area contributed by atoms with E-state index in [-0.39, 0.29) is 6.54 Å². The van der Waals surface area contributed by atoms with Gasteiger partial charge in [-0.2, -0.15) is 4.98 Å². The van der Waals surface area contributed by atoms with E-state index in [1.54, 1.807) is 12.1 Å². The Morgan fingerprint density at radius 1 is 1.14 bits per heavy atom. The quantitative estimate of drug-likeness (QED) is 0.780. The Morgan fingerprint density at radius 2 is 1.95 bits per heavy atom. The summed E-state index contributed by atoms with van der Waals surface area (Å²) in [7, 11) is 0. The van der Waals surface area contributed by atoms with Gasteiger partial charge >= 0.3 is 0 Å². The molecule has 0 spiro atoms. The van der Waals surface area contributed by atoms with Crippen molar-refractivity contribution < 1.29 is 9.26 Å². The lowest BCUT2D eigenvalue weighted by molar-refractivity contribution is 0.306. The number of rotatable bonds is 5. The second-order valence-corrected chi connectivity index (χ2v) is 5.04. The fourth-order valence-corrected chi connectivity index (χ4v) is 2.18. The summed E-state index contributed by atoms with van der Waals surface area (Å²) in [6, 6.07) is 15.3. The molecule has 0 radical (unpaired) electrons. The molecule has 5 nitrogen and oxygen atoms in total. The van der Waals surface area contributed by atoms with Gasteiger partial charge in [0, 0.05) is 5.56 Å². The molecule has 0 fully saturated rings. The second kappa shape index (κ2) is 6.60. The van der Waals surface area contributed by atoms with Gasteiger partial charge in [0.25, 0.3) is 0 Å². The zero-order chi connectivity index (χ0) is 15.4. The molecule has 2 aromatic carbocycles. The highest BCUT2D eigenvalue weighted by Crippen LogP contribution is 2.29. The van der Waals surface area contributed by atoms with E-state index >= 15 is 0 Å². The van der Waals surface area contributed by atoms with E-state index in [9.17, 15) is 0 Å². The van der Waals surface area contributed by atoms with Gasteiger partial charge in [-0.3, -0.25) is 0 Å². The minimum absolute atomic E-state index is 0.207. The lowest BCUT2D eigenvalue weighted by Gasteiger charge is -2.08. The normalized spacial score (nSPS) is 10.6. The maximum absolute atomic E-state index is 6.25. The summed E-state index contributed by atoms with van der Waals surface area (Å²) in [5.74, 6) is 1.45. The van der Waals surface area contributed by atoms with Crippen LogP contribution in [-0.4, -0.2) is 10.1 Å². The highest BCUT2D eigenvalue weighted by Gasteiger charge is 2.10. The molecule has 3 rings (SSSR count). The van der Waals surface area contributed by atoms with Gasteiger partial charge in [-0.05, 0) is 23.8 Å². The lowest BCUT2D eigenvalue weighted by atomic mass is 10.2. The molecule has 6 heteroatoms. The predicted molar refractivity (Wildman–Crippen MR) is 83.4 cm³/mol. The van der Waals surface area contributed by atoms with Gasteiger partial charge in [-0.25, -0.2) is 0 Å². The van der Waals surface area contributed by atoms with Crippen LogP contribution in [0.5, 0.6) is 5.75 Å². The Morgan fingerprint density at radius 3 is 2.64 bits per heavy atom. The average molecular weight is 316 g/mol. The number of hydrogen-bond donors (Lipinski definition) is 1. The number of hydrogen-bond acceptors (Lipinski definition) is 5. The van der Waals surface area contributed by atoms with Crippen LogP contribution in [0.4, 0.5) is 0 Å². The van der Waals surface area contributed by atoms with Crippen molar-refractivity contribution >= 4 is 11.6 Å². The summed E-state index contributed by atoms with van der Waals surface area (Å²) in [6.07, 6.45) is 0. The van der Waals surface area contributed by atoms with Crippen molar-refractivity contribution in [2.75, 3.05) is 0 Å². The number of benzene rings is 2. The van der Waals surface area contributed by atoms with Gasteiger partial charge in [0.05, 0.1) is 11.6 Å².